The van der Waals surface area contributed by atoms with Crippen LogP contribution in [-0.2, 0) is 9.53 Å². The van der Waals surface area contributed by atoms with Crippen LogP contribution in [0.25, 0.3) is 5.57 Å². The zero-order chi connectivity index (χ0) is 25.9. The Hall–Kier alpha value is -2.81. The van der Waals surface area contributed by atoms with Crippen LogP contribution in [0.4, 0.5) is 17.3 Å². The van der Waals surface area contributed by atoms with E-state index in [1.165, 1.54) is 0 Å². The van der Waals surface area contributed by atoms with Crippen molar-refractivity contribution in [2.24, 2.45) is 0 Å². The van der Waals surface area contributed by atoms with Crippen molar-refractivity contribution >= 4 is 40.6 Å². The van der Waals surface area contributed by atoms with E-state index in [-0.39, 0.29) is 12.0 Å². The average Bonchev–Trinajstić information content (AvgIpc) is 3.13. The van der Waals surface area contributed by atoms with Gasteiger partial charge in [0, 0.05) is 36.6 Å². The van der Waals surface area contributed by atoms with Crippen molar-refractivity contribution < 1.29 is 9.53 Å². The molecule has 4 heterocycles. The largest absolute Gasteiger partial charge is 0.377 e. The quantitative estimate of drug-likeness (QED) is 0.515. The molecular weight excluding hydrogens is 482 g/mol. The number of rotatable bonds is 7. The molecule has 1 aromatic heterocycles. The maximum Gasteiger partial charge on any atom is 0.254 e. The Kier molecular flexibility index (Phi) is 7.88. The van der Waals surface area contributed by atoms with Crippen molar-refractivity contribution in [3.8, 4) is 0 Å². The molecule has 1 amide bonds. The summed E-state index contributed by atoms with van der Waals surface area (Å²) in [5.74, 6) is 1.83. The number of ether oxygens (including phenoxy) is 1. The number of nitrogens with zero attached hydrogens (tertiary/aromatic N) is 4. The molecule has 0 atom stereocenters. The van der Waals surface area contributed by atoms with E-state index in [2.05, 4.69) is 76.5 Å². The number of fused-ring (bicyclic) bond motifs is 5. The van der Waals surface area contributed by atoms with Crippen molar-refractivity contribution in [3.63, 3.8) is 0 Å². The van der Waals surface area contributed by atoms with Crippen molar-refractivity contribution in [1.82, 2.24) is 15.2 Å². The van der Waals surface area contributed by atoms with Crippen LogP contribution in [-0.4, -0.2) is 68.3 Å². The zero-order valence-corrected chi connectivity index (χ0v) is 23.1. The van der Waals surface area contributed by atoms with Crippen LogP contribution < -0.4 is 15.1 Å². The summed E-state index contributed by atoms with van der Waals surface area (Å²) in [6, 6.07) is 12.6. The van der Waals surface area contributed by atoms with Gasteiger partial charge in [-0.3, -0.25) is 9.69 Å². The van der Waals surface area contributed by atoms with Gasteiger partial charge in [0.05, 0.1) is 29.0 Å². The highest BCUT2D eigenvalue weighted by molar-refractivity contribution is 8.03. The number of carbonyl (C=O) groups excluding carboxylic acids is 1. The van der Waals surface area contributed by atoms with E-state index in [9.17, 15) is 4.79 Å². The summed E-state index contributed by atoms with van der Waals surface area (Å²) in [6.45, 7) is 11.2. The average molecular weight is 520 g/mol. The molecule has 3 aliphatic heterocycles. The molecule has 1 N–H and O–H groups in total. The predicted molar refractivity (Wildman–Crippen MR) is 152 cm³/mol. The summed E-state index contributed by atoms with van der Waals surface area (Å²) in [5.41, 5.74) is 3.75. The van der Waals surface area contributed by atoms with Gasteiger partial charge in [-0.1, -0.05) is 36.9 Å². The molecule has 8 heteroatoms. The molecule has 1 saturated heterocycles. The monoisotopic (exact) mass is 519 g/mol. The third-order valence-electron chi connectivity index (χ3n) is 6.88. The van der Waals surface area contributed by atoms with E-state index in [0.717, 1.165) is 77.4 Å². The lowest BCUT2D eigenvalue weighted by molar-refractivity contribution is -0.117. The number of thioether (sulfide) groups is 1. The molecule has 196 valence electrons. The fraction of sp³-hybridized carbons (Fsp3) is 0.448. The molecule has 1 fully saturated rings. The molecular formula is C29H37N5O2S. The minimum atomic E-state index is -0.0716. The van der Waals surface area contributed by atoms with Gasteiger partial charge < -0.3 is 19.9 Å². The van der Waals surface area contributed by atoms with Gasteiger partial charge in [-0.15, -0.1) is 0 Å². The molecule has 0 radical (unpaired) electrons. The first-order chi connectivity index (χ1) is 18.0. The van der Waals surface area contributed by atoms with Crippen molar-refractivity contribution in [1.29, 1.82) is 0 Å². The second-order valence-corrected chi connectivity index (χ2v) is 11.0. The van der Waals surface area contributed by atoms with E-state index >= 15 is 0 Å². The van der Waals surface area contributed by atoms with Crippen LogP contribution >= 0.6 is 11.8 Å². The van der Waals surface area contributed by atoms with Crippen LogP contribution in [0.3, 0.4) is 0 Å². The molecule has 37 heavy (non-hydrogen) atoms. The molecule has 5 rings (SSSR count). The lowest BCUT2D eigenvalue weighted by atomic mass is 9.93. The molecule has 0 spiro atoms. The van der Waals surface area contributed by atoms with Crippen LogP contribution in [0.2, 0.25) is 0 Å². The van der Waals surface area contributed by atoms with E-state index in [4.69, 9.17) is 9.72 Å². The van der Waals surface area contributed by atoms with Crippen LogP contribution in [0, 0.1) is 0 Å². The van der Waals surface area contributed by atoms with Crippen molar-refractivity contribution in [2.45, 2.75) is 44.6 Å². The van der Waals surface area contributed by atoms with Gasteiger partial charge in [0.25, 0.3) is 5.91 Å². The first-order valence-electron chi connectivity index (χ1n) is 13.3. The number of para-hydroxylation sites is 1. The number of nitrogens with one attached hydrogen (secondary N) is 1. The number of pyridine rings is 1. The summed E-state index contributed by atoms with van der Waals surface area (Å²) in [7, 11) is 2.18. The van der Waals surface area contributed by atoms with E-state index in [1.54, 1.807) is 11.8 Å². The van der Waals surface area contributed by atoms with E-state index in [0.29, 0.717) is 18.7 Å². The third-order valence-corrected chi connectivity index (χ3v) is 8.02. The Labute approximate surface area is 224 Å². The Bertz CT molecular complexity index is 1220. The lowest BCUT2D eigenvalue weighted by Gasteiger charge is -2.32. The Balaban J connectivity index is 1.57. The number of hydrogen-bond acceptors (Lipinski definition) is 7. The Morgan fingerprint density at radius 2 is 2.00 bits per heavy atom. The molecule has 2 aromatic rings. The van der Waals surface area contributed by atoms with Crippen molar-refractivity contribution in [2.75, 3.05) is 56.2 Å². The summed E-state index contributed by atoms with van der Waals surface area (Å²) in [5, 5.41) is 4.03. The summed E-state index contributed by atoms with van der Waals surface area (Å²) < 4.78 is 5.66. The van der Waals surface area contributed by atoms with Gasteiger partial charge in [-0.2, -0.15) is 0 Å². The Morgan fingerprint density at radius 1 is 1.16 bits per heavy atom. The van der Waals surface area contributed by atoms with Gasteiger partial charge in [0.15, 0.2) is 0 Å². The normalized spacial score (nSPS) is 18.7. The Morgan fingerprint density at radius 3 is 2.81 bits per heavy atom. The van der Waals surface area contributed by atoms with Crippen LogP contribution in [0.15, 0.2) is 58.0 Å². The zero-order valence-electron chi connectivity index (χ0n) is 22.3. The maximum absolute atomic E-state index is 13.7. The highest BCUT2D eigenvalue weighted by atomic mass is 32.2. The minimum absolute atomic E-state index is 0.0716. The van der Waals surface area contributed by atoms with Gasteiger partial charge in [0.1, 0.15) is 11.6 Å². The number of carbonyl (C=O) groups is 1. The first kappa shape index (κ1) is 25.8. The number of likely N-dealkylation sites (N-methyl/N-ethyl adjacent to an activating group) is 1. The molecule has 0 saturated carbocycles. The van der Waals surface area contributed by atoms with Crippen molar-refractivity contribution in [3.05, 3.63) is 58.6 Å². The van der Waals surface area contributed by atoms with Crippen LogP contribution in [0.1, 0.15) is 39.2 Å². The van der Waals surface area contributed by atoms with Gasteiger partial charge in [-0.25, -0.2) is 4.98 Å². The van der Waals surface area contributed by atoms with E-state index < -0.39 is 0 Å². The van der Waals surface area contributed by atoms with E-state index in [1.807, 2.05) is 13.8 Å². The SMILES string of the molecule is CC/C=C1/C(C(=O)NCCOC(C)C)=C2Sc3ccccc3N2c2nc(N3CCCN(C)CC3)ccc21. The van der Waals surface area contributed by atoms with Gasteiger partial charge >= 0.3 is 0 Å². The first-order valence-corrected chi connectivity index (χ1v) is 14.2. The number of anilines is 3. The number of benzene rings is 1. The standard InChI is InChI=1S/C29H37N5O2S/c1-5-9-21-22-12-13-25(33-16-8-15-32(4)17-18-33)31-27(22)34-23-10-6-7-11-24(23)37-29(34)26(21)28(35)30-14-19-36-20(2)3/h6-7,9-13,20H,5,8,14-19H2,1-4H3,(H,30,35)/b21-9+. The number of allylic oxidation sites excluding steroid dienone is 1. The fourth-order valence-electron chi connectivity index (χ4n) is 5.06. The second kappa shape index (κ2) is 11.3. The van der Waals surface area contributed by atoms with Gasteiger partial charge in [0.2, 0.25) is 0 Å². The molecule has 3 aliphatic rings. The highest BCUT2D eigenvalue weighted by Crippen LogP contribution is 2.56. The number of amides is 1. The highest BCUT2D eigenvalue weighted by Gasteiger charge is 2.39. The molecule has 0 unspecified atom stereocenters. The van der Waals surface area contributed by atoms with Crippen LogP contribution in [0.5, 0.6) is 0 Å². The topological polar surface area (TPSA) is 60.9 Å². The molecule has 0 aliphatic carbocycles. The third kappa shape index (κ3) is 5.28. The number of hydrogen-bond donors (Lipinski definition) is 1. The maximum atomic E-state index is 13.7. The number of aromatic nitrogens is 1. The lowest BCUT2D eigenvalue weighted by Crippen LogP contribution is -2.34. The smallest absolute Gasteiger partial charge is 0.254 e. The predicted octanol–water partition coefficient (Wildman–Crippen LogP) is 5.03. The minimum Gasteiger partial charge on any atom is -0.377 e. The fourth-order valence-corrected chi connectivity index (χ4v) is 6.26. The summed E-state index contributed by atoms with van der Waals surface area (Å²) in [6.07, 6.45) is 4.24. The summed E-state index contributed by atoms with van der Waals surface area (Å²) in [4.78, 5) is 27.0. The molecule has 1 aromatic carbocycles. The molecule has 0 bridgehead atoms. The second-order valence-electron chi connectivity index (χ2n) is 9.97. The molecule has 7 nitrogen and oxygen atoms in total. The summed E-state index contributed by atoms with van der Waals surface area (Å²) >= 11 is 1.65. The van der Waals surface area contributed by atoms with Gasteiger partial charge in [-0.05, 0) is 70.1 Å².